The standard InChI is InChI=1S/C22H25ClN6O4/c1-2-18(20(30)15-3-5-16(23)6-4-15)29-21(31)28(14-25-29)17-7-8-19(24-13-17)26-9-11-27(12-10-26)22(32)33/h3-8,13-14,18,20,30H,2,9-12H2,1H3,(H,32,33)/t18-,20-/m1/s1. The molecular formula is C22H25ClN6O4. The zero-order valence-corrected chi connectivity index (χ0v) is 18.8. The molecular weight excluding hydrogens is 448 g/mol. The minimum atomic E-state index is -0.918. The van der Waals surface area contributed by atoms with Gasteiger partial charge in [0.05, 0.1) is 17.9 Å². The molecule has 1 aromatic carbocycles. The molecule has 3 heterocycles. The Hall–Kier alpha value is -3.37. The van der Waals surface area contributed by atoms with Crippen molar-refractivity contribution in [3.05, 3.63) is 70.0 Å². The molecule has 1 amide bonds. The average Bonchev–Trinajstić information content (AvgIpc) is 3.21. The van der Waals surface area contributed by atoms with Crippen molar-refractivity contribution in [3.63, 3.8) is 0 Å². The first-order chi connectivity index (χ1) is 15.9. The van der Waals surface area contributed by atoms with Crippen LogP contribution < -0.4 is 10.6 Å². The summed E-state index contributed by atoms with van der Waals surface area (Å²) in [6, 6.07) is 9.89. The first kappa shape index (κ1) is 22.8. The van der Waals surface area contributed by atoms with E-state index >= 15 is 0 Å². The fourth-order valence-electron chi connectivity index (χ4n) is 3.97. The van der Waals surface area contributed by atoms with Crippen LogP contribution in [0, 0.1) is 0 Å². The number of benzene rings is 1. The highest BCUT2D eigenvalue weighted by Crippen LogP contribution is 2.28. The summed E-state index contributed by atoms with van der Waals surface area (Å²) in [7, 11) is 0. The van der Waals surface area contributed by atoms with Gasteiger partial charge in [0, 0.05) is 31.2 Å². The van der Waals surface area contributed by atoms with Gasteiger partial charge in [0.15, 0.2) is 0 Å². The van der Waals surface area contributed by atoms with Crippen molar-refractivity contribution in [2.45, 2.75) is 25.5 Å². The van der Waals surface area contributed by atoms with Gasteiger partial charge in [0.2, 0.25) is 0 Å². The quantitative estimate of drug-likeness (QED) is 0.566. The summed E-state index contributed by atoms with van der Waals surface area (Å²) in [5, 5.41) is 24.8. The molecule has 0 bridgehead atoms. The SMILES string of the molecule is CC[C@H]([C@H](O)c1ccc(Cl)cc1)n1ncn(-c2ccc(N3CCN(C(=O)O)CC3)nc2)c1=O. The lowest BCUT2D eigenvalue weighted by Gasteiger charge is -2.33. The summed E-state index contributed by atoms with van der Waals surface area (Å²) >= 11 is 5.94. The highest BCUT2D eigenvalue weighted by atomic mass is 35.5. The van der Waals surface area contributed by atoms with E-state index < -0.39 is 18.2 Å². The number of carboxylic acid groups (broad SMARTS) is 1. The smallest absolute Gasteiger partial charge is 0.407 e. The molecule has 1 saturated heterocycles. The summed E-state index contributed by atoms with van der Waals surface area (Å²) in [6.07, 6.45) is 1.67. The number of aliphatic hydroxyl groups is 1. The monoisotopic (exact) mass is 472 g/mol. The average molecular weight is 473 g/mol. The fourth-order valence-corrected chi connectivity index (χ4v) is 4.09. The number of carbonyl (C=O) groups is 1. The Bertz CT molecular complexity index is 1150. The third-order valence-corrected chi connectivity index (χ3v) is 6.14. The molecule has 174 valence electrons. The van der Waals surface area contributed by atoms with Gasteiger partial charge in [-0.05, 0) is 36.2 Å². The van der Waals surface area contributed by atoms with Gasteiger partial charge in [-0.15, -0.1) is 0 Å². The van der Waals surface area contributed by atoms with Crippen LogP contribution in [0.5, 0.6) is 0 Å². The fraction of sp³-hybridized carbons (Fsp3) is 0.364. The number of aromatic nitrogens is 4. The number of nitrogens with zero attached hydrogens (tertiary/aromatic N) is 6. The highest BCUT2D eigenvalue weighted by molar-refractivity contribution is 6.30. The second-order valence-electron chi connectivity index (χ2n) is 7.83. The Morgan fingerprint density at radius 2 is 1.82 bits per heavy atom. The van der Waals surface area contributed by atoms with Gasteiger partial charge in [-0.25, -0.2) is 23.8 Å². The van der Waals surface area contributed by atoms with Crippen LogP contribution in [-0.2, 0) is 0 Å². The molecule has 2 N–H and O–H groups in total. The van der Waals surface area contributed by atoms with Crippen molar-refractivity contribution in [2.24, 2.45) is 0 Å². The van der Waals surface area contributed by atoms with Gasteiger partial charge in [-0.2, -0.15) is 5.10 Å². The number of amides is 1. The van der Waals surface area contributed by atoms with Gasteiger partial charge in [0.25, 0.3) is 0 Å². The predicted molar refractivity (Wildman–Crippen MR) is 123 cm³/mol. The first-order valence-corrected chi connectivity index (χ1v) is 11.1. The van der Waals surface area contributed by atoms with Crippen molar-refractivity contribution in [1.82, 2.24) is 24.2 Å². The van der Waals surface area contributed by atoms with Crippen LogP contribution in [0.3, 0.4) is 0 Å². The van der Waals surface area contributed by atoms with Gasteiger partial charge < -0.3 is 20.0 Å². The predicted octanol–water partition coefficient (Wildman–Crippen LogP) is 2.57. The zero-order valence-electron chi connectivity index (χ0n) is 18.1. The van der Waals surface area contributed by atoms with Crippen LogP contribution in [0.2, 0.25) is 5.02 Å². The maximum Gasteiger partial charge on any atom is 0.407 e. The van der Waals surface area contributed by atoms with Crippen LogP contribution in [0.15, 0.2) is 53.7 Å². The number of aliphatic hydroxyl groups excluding tert-OH is 1. The molecule has 0 radical (unpaired) electrons. The van der Waals surface area contributed by atoms with Gasteiger partial charge in [-0.1, -0.05) is 30.7 Å². The van der Waals surface area contributed by atoms with Crippen LogP contribution in [0.1, 0.15) is 31.1 Å². The lowest BCUT2D eigenvalue weighted by Crippen LogP contribution is -2.48. The summed E-state index contributed by atoms with van der Waals surface area (Å²) in [6.45, 7) is 3.82. The lowest BCUT2D eigenvalue weighted by atomic mass is 10.0. The number of piperazine rings is 1. The highest BCUT2D eigenvalue weighted by Gasteiger charge is 2.25. The van der Waals surface area contributed by atoms with Gasteiger partial charge in [0.1, 0.15) is 18.2 Å². The first-order valence-electron chi connectivity index (χ1n) is 10.7. The number of anilines is 1. The molecule has 10 nitrogen and oxygen atoms in total. The van der Waals surface area contributed by atoms with E-state index in [-0.39, 0.29) is 5.69 Å². The largest absolute Gasteiger partial charge is 0.465 e. The molecule has 2 atom stereocenters. The lowest BCUT2D eigenvalue weighted by molar-refractivity contribution is 0.101. The Balaban J connectivity index is 1.52. The minimum Gasteiger partial charge on any atom is -0.465 e. The summed E-state index contributed by atoms with van der Waals surface area (Å²) in [4.78, 5) is 32.0. The minimum absolute atomic E-state index is 0.375. The van der Waals surface area contributed by atoms with E-state index in [1.807, 2.05) is 11.8 Å². The second-order valence-corrected chi connectivity index (χ2v) is 8.27. The zero-order chi connectivity index (χ0) is 23.5. The van der Waals surface area contributed by atoms with Crippen molar-refractivity contribution in [1.29, 1.82) is 0 Å². The molecule has 11 heteroatoms. The molecule has 0 aliphatic carbocycles. The molecule has 0 spiro atoms. The normalized spacial score (nSPS) is 16.0. The van der Waals surface area contributed by atoms with Crippen LogP contribution in [-0.4, -0.2) is 66.7 Å². The number of pyridine rings is 1. The van der Waals surface area contributed by atoms with E-state index in [4.69, 9.17) is 16.7 Å². The molecule has 3 aromatic rings. The van der Waals surface area contributed by atoms with E-state index in [2.05, 4.69) is 10.1 Å². The molecule has 33 heavy (non-hydrogen) atoms. The second kappa shape index (κ2) is 9.63. The van der Waals surface area contributed by atoms with Crippen LogP contribution in [0.4, 0.5) is 10.6 Å². The van der Waals surface area contributed by atoms with E-state index in [0.717, 1.165) is 0 Å². The summed E-state index contributed by atoms with van der Waals surface area (Å²) in [5.74, 6) is 0.717. The van der Waals surface area contributed by atoms with Crippen molar-refractivity contribution < 1.29 is 15.0 Å². The molecule has 2 aromatic heterocycles. The summed E-state index contributed by atoms with van der Waals surface area (Å²) < 4.78 is 2.68. The molecule has 1 fully saturated rings. The Morgan fingerprint density at radius 3 is 2.39 bits per heavy atom. The number of rotatable bonds is 6. The van der Waals surface area contributed by atoms with Gasteiger partial charge >= 0.3 is 11.8 Å². The van der Waals surface area contributed by atoms with E-state index in [9.17, 15) is 14.7 Å². The Morgan fingerprint density at radius 1 is 1.12 bits per heavy atom. The molecule has 4 rings (SSSR count). The topological polar surface area (TPSA) is 117 Å². The third kappa shape index (κ3) is 4.71. The maximum atomic E-state index is 13.1. The van der Waals surface area contributed by atoms with Crippen molar-refractivity contribution in [2.75, 3.05) is 31.1 Å². The van der Waals surface area contributed by atoms with E-state index in [1.54, 1.807) is 42.6 Å². The summed E-state index contributed by atoms with van der Waals surface area (Å²) in [5.41, 5.74) is 0.830. The third-order valence-electron chi connectivity index (χ3n) is 5.89. The molecule has 1 aliphatic heterocycles. The van der Waals surface area contributed by atoms with Crippen LogP contribution in [0.25, 0.3) is 5.69 Å². The molecule has 0 unspecified atom stereocenters. The number of halogens is 1. The van der Waals surface area contributed by atoms with Crippen molar-refractivity contribution in [3.8, 4) is 5.69 Å². The number of hydrogen-bond donors (Lipinski definition) is 2. The van der Waals surface area contributed by atoms with Gasteiger partial charge in [-0.3, -0.25) is 0 Å². The Kier molecular flexibility index (Phi) is 6.66. The maximum absolute atomic E-state index is 13.1. The van der Waals surface area contributed by atoms with Crippen molar-refractivity contribution >= 4 is 23.5 Å². The molecule has 1 aliphatic rings. The Labute approximate surface area is 195 Å². The van der Waals surface area contributed by atoms with Crippen LogP contribution >= 0.6 is 11.6 Å². The van der Waals surface area contributed by atoms with E-state index in [1.165, 1.54) is 20.5 Å². The molecule has 0 saturated carbocycles. The van der Waals surface area contributed by atoms with E-state index in [0.29, 0.717) is 54.7 Å². The number of hydrogen-bond acceptors (Lipinski definition) is 6.